The fourth-order valence-corrected chi connectivity index (χ4v) is 1.56. The van der Waals surface area contributed by atoms with Crippen LogP contribution in [0.3, 0.4) is 0 Å². The van der Waals surface area contributed by atoms with Crippen molar-refractivity contribution in [2.24, 2.45) is 0 Å². The number of nitrogens with two attached hydrogens (primary N) is 1. The van der Waals surface area contributed by atoms with Gasteiger partial charge in [0.05, 0.1) is 0 Å². The molecule has 2 aromatic carbocycles. The molecule has 0 saturated carbocycles. The van der Waals surface area contributed by atoms with Gasteiger partial charge in [-0.1, -0.05) is 30.3 Å². The van der Waals surface area contributed by atoms with Crippen molar-refractivity contribution in [3.8, 4) is 5.75 Å². The van der Waals surface area contributed by atoms with Crippen LogP contribution in [-0.2, 0) is 6.61 Å². The Bertz CT molecular complexity index is 471. The van der Waals surface area contributed by atoms with E-state index in [1.165, 1.54) is 0 Å². The highest BCUT2D eigenvalue weighted by Gasteiger charge is 1.98. The molecule has 0 heterocycles. The zero-order valence-corrected chi connectivity index (χ0v) is 9.65. The molecular formula is C13H13NOS. The molecular weight excluding hydrogens is 218 g/mol. The average Bonchev–Trinajstić information content (AvgIpc) is 2.32. The topological polar surface area (TPSA) is 35.2 Å². The SMILES string of the molecule is Nc1ccc(OCc2ccccc2)cc1S. The third kappa shape index (κ3) is 2.70. The lowest BCUT2D eigenvalue weighted by Gasteiger charge is -2.07. The molecule has 0 bridgehead atoms. The molecule has 2 nitrogen and oxygen atoms in total. The Morgan fingerprint density at radius 1 is 1.06 bits per heavy atom. The Morgan fingerprint density at radius 2 is 1.81 bits per heavy atom. The highest BCUT2D eigenvalue weighted by Crippen LogP contribution is 2.23. The summed E-state index contributed by atoms with van der Waals surface area (Å²) in [4.78, 5) is 0.741. The maximum atomic E-state index is 5.66. The van der Waals surface area contributed by atoms with Crippen LogP contribution in [0.5, 0.6) is 5.75 Å². The number of thiol groups is 1. The second-order valence-corrected chi connectivity index (χ2v) is 3.98. The summed E-state index contributed by atoms with van der Waals surface area (Å²) in [6, 6.07) is 15.5. The van der Waals surface area contributed by atoms with Crippen LogP contribution in [0.1, 0.15) is 5.56 Å². The largest absolute Gasteiger partial charge is 0.489 e. The fraction of sp³-hybridized carbons (Fsp3) is 0.0769. The van der Waals surface area contributed by atoms with Crippen LogP contribution < -0.4 is 10.5 Å². The number of anilines is 1. The summed E-state index contributed by atoms with van der Waals surface area (Å²) in [5, 5.41) is 0. The first-order valence-electron chi connectivity index (χ1n) is 5.01. The molecule has 0 amide bonds. The Balaban J connectivity index is 2.03. The molecule has 2 rings (SSSR count). The van der Waals surface area contributed by atoms with Crippen molar-refractivity contribution in [1.29, 1.82) is 0 Å². The van der Waals surface area contributed by atoms with Gasteiger partial charge in [-0.3, -0.25) is 0 Å². The van der Waals surface area contributed by atoms with E-state index in [-0.39, 0.29) is 0 Å². The van der Waals surface area contributed by atoms with Crippen molar-refractivity contribution >= 4 is 18.3 Å². The van der Waals surface area contributed by atoms with Gasteiger partial charge in [-0.15, -0.1) is 12.6 Å². The second kappa shape index (κ2) is 4.94. The van der Waals surface area contributed by atoms with Gasteiger partial charge in [-0.2, -0.15) is 0 Å². The van der Waals surface area contributed by atoms with Crippen molar-refractivity contribution in [1.82, 2.24) is 0 Å². The molecule has 0 saturated heterocycles. The van der Waals surface area contributed by atoms with Crippen LogP contribution in [-0.4, -0.2) is 0 Å². The Labute approximate surface area is 100 Å². The van der Waals surface area contributed by atoms with Crippen molar-refractivity contribution < 1.29 is 4.74 Å². The summed E-state index contributed by atoms with van der Waals surface area (Å²) in [5.74, 6) is 0.781. The first-order valence-corrected chi connectivity index (χ1v) is 5.45. The number of ether oxygens (including phenoxy) is 1. The molecule has 0 spiro atoms. The van der Waals surface area contributed by atoms with Gasteiger partial charge >= 0.3 is 0 Å². The van der Waals surface area contributed by atoms with Gasteiger partial charge in [0.25, 0.3) is 0 Å². The van der Waals surface area contributed by atoms with E-state index < -0.39 is 0 Å². The van der Waals surface area contributed by atoms with E-state index in [1.807, 2.05) is 42.5 Å². The molecule has 0 aliphatic heterocycles. The van der Waals surface area contributed by atoms with Crippen LogP contribution in [0.15, 0.2) is 53.4 Å². The minimum absolute atomic E-state index is 0.554. The van der Waals surface area contributed by atoms with Gasteiger partial charge in [0.1, 0.15) is 12.4 Å². The maximum absolute atomic E-state index is 5.66. The summed E-state index contributed by atoms with van der Waals surface area (Å²) < 4.78 is 5.62. The van der Waals surface area contributed by atoms with E-state index in [0.717, 1.165) is 16.2 Å². The third-order valence-corrected chi connectivity index (χ3v) is 2.64. The standard InChI is InChI=1S/C13H13NOS/c14-12-7-6-11(8-13(12)16)15-9-10-4-2-1-3-5-10/h1-8,16H,9,14H2. The number of hydrogen-bond donors (Lipinski definition) is 2. The van der Waals surface area contributed by atoms with Crippen molar-refractivity contribution in [2.75, 3.05) is 5.73 Å². The average molecular weight is 231 g/mol. The molecule has 2 N–H and O–H groups in total. The number of benzene rings is 2. The quantitative estimate of drug-likeness (QED) is 0.628. The Kier molecular flexibility index (Phi) is 3.37. The summed E-state index contributed by atoms with van der Waals surface area (Å²) >= 11 is 4.24. The van der Waals surface area contributed by atoms with Crippen LogP contribution in [0, 0.1) is 0 Å². The molecule has 2 aromatic rings. The van der Waals surface area contributed by atoms with E-state index in [4.69, 9.17) is 10.5 Å². The minimum atomic E-state index is 0.554. The zero-order valence-electron chi connectivity index (χ0n) is 8.76. The normalized spacial score (nSPS) is 10.1. The molecule has 3 heteroatoms. The van der Waals surface area contributed by atoms with E-state index in [9.17, 15) is 0 Å². The third-order valence-electron chi connectivity index (χ3n) is 2.25. The van der Waals surface area contributed by atoms with E-state index in [0.29, 0.717) is 12.3 Å². The Hall–Kier alpha value is -1.61. The second-order valence-electron chi connectivity index (χ2n) is 3.49. The number of rotatable bonds is 3. The van der Waals surface area contributed by atoms with E-state index in [2.05, 4.69) is 12.6 Å². The van der Waals surface area contributed by atoms with Crippen LogP contribution in [0.2, 0.25) is 0 Å². The lowest BCUT2D eigenvalue weighted by atomic mass is 10.2. The van der Waals surface area contributed by atoms with Crippen LogP contribution >= 0.6 is 12.6 Å². The summed E-state index contributed by atoms with van der Waals surface area (Å²) in [5.41, 5.74) is 7.47. The highest BCUT2D eigenvalue weighted by molar-refractivity contribution is 7.80. The lowest BCUT2D eigenvalue weighted by Crippen LogP contribution is -1.95. The molecule has 0 unspecified atom stereocenters. The van der Waals surface area contributed by atoms with Gasteiger partial charge in [-0.25, -0.2) is 0 Å². The maximum Gasteiger partial charge on any atom is 0.121 e. The molecule has 0 atom stereocenters. The van der Waals surface area contributed by atoms with Crippen LogP contribution in [0.4, 0.5) is 5.69 Å². The van der Waals surface area contributed by atoms with Crippen LogP contribution in [0.25, 0.3) is 0 Å². The van der Waals surface area contributed by atoms with Crippen molar-refractivity contribution in [3.63, 3.8) is 0 Å². The predicted octanol–water partition coefficient (Wildman–Crippen LogP) is 3.14. The fourth-order valence-electron chi connectivity index (χ4n) is 1.35. The lowest BCUT2D eigenvalue weighted by molar-refractivity contribution is 0.305. The van der Waals surface area contributed by atoms with Crippen molar-refractivity contribution in [3.05, 3.63) is 54.1 Å². The smallest absolute Gasteiger partial charge is 0.121 e. The predicted molar refractivity (Wildman–Crippen MR) is 68.9 cm³/mol. The monoisotopic (exact) mass is 231 g/mol. The summed E-state index contributed by atoms with van der Waals surface area (Å²) in [6.07, 6.45) is 0. The highest BCUT2D eigenvalue weighted by atomic mass is 32.1. The molecule has 0 aromatic heterocycles. The van der Waals surface area contributed by atoms with E-state index >= 15 is 0 Å². The summed E-state index contributed by atoms with van der Waals surface area (Å²) in [7, 11) is 0. The zero-order chi connectivity index (χ0) is 11.4. The first-order chi connectivity index (χ1) is 7.75. The molecule has 82 valence electrons. The van der Waals surface area contributed by atoms with Gasteiger partial charge in [-0.05, 0) is 23.8 Å². The van der Waals surface area contributed by atoms with Gasteiger partial charge < -0.3 is 10.5 Å². The minimum Gasteiger partial charge on any atom is -0.489 e. The number of nitrogen functional groups attached to an aromatic ring is 1. The number of hydrogen-bond acceptors (Lipinski definition) is 3. The van der Waals surface area contributed by atoms with Gasteiger partial charge in [0, 0.05) is 10.6 Å². The molecule has 0 radical (unpaired) electrons. The summed E-state index contributed by atoms with van der Waals surface area (Å²) in [6.45, 7) is 0.554. The van der Waals surface area contributed by atoms with E-state index in [1.54, 1.807) is 6.07 Å². The molecule has 0 aliphatic rings. The van der Waals surface area contributed by atoms with Gasteiger partial charge in [0.2, 0.25) is 0 Å². The molecule has 0 fully saturated rings. The first kappa shape index (κ1) is 10.9. The molecule has 16 heavy (non-hydrogen) atoms. The Morgan fingerprint density at radius 3 is 2.50 bits per heavy atom. The van der Waals surface area contributed by atoms with Gasteiger partial charge in [0.15, 0.2) is 0 Å². The van der Waals surface area contributed by atoms with Crippen molar-refractivity contribution in [2.45, 2.75) is 11.5 Å². The molecule has 0 aliphatic carbocycles.